The summed E-state index contributed by atoms with van der Waals surface area (Å²) in [6, 6.07) is 21.6. The first-order valence-corrected chi connectivity index (χ1v) is 7.78. The minimum Gasteiger partial charge on any atom is -0.347 e. The van der Waals surface area contributed by atoms with E-state index in [1.54, 1.807) is 12.4 Å². The van der Waals surface area contributed by atoms with Crippen LogP contribution in [0.25, 0.3) is 11.1 Å². The molecule has 3 rings (SSSR count). The van der Waals surface area contributed by atoms with Crippen molar-refractivity contribution in [3.8, 4) is 11.1 Å². The molecule has 0 aliphatic heterocycles. The summed E-state index contributed by atoms with van der Waals surface area (Å²) in [5, 5.41) is 3.01. The van der Waals surface area contributed by atoms with Crippen LogP contribution < -0.4 is 5.32 Å². The van der Waals surface area contributed by atoms with Crippen LogP contribution in [0.3, 0.4) is 0 Å². The van der Waals surface area contributed by atoms with Gasteiger partial charge in [0.25, 0.3) is 0 Å². The van der Waals surface area contributed by atoms with Crippen molar-refractivity contribution in [3.63, 3.8) is 0 Å². The van der Waals surface area contributed by atoms with Gasteiger partial charge in [0, 0.05) is 24.0 Å². The van der Waals surface area contributed by atoms with E-state index in [1.807, 2.05) is 61.5 Å². The fourth-order valence-corrected chi connectivity index (χ4v) is 2.37. The number of carbonyl (C=O) groups is 1. The standard InChI is InChI=1S/C21H18N2O/c1-16-11-13-22-21(15-16)23-14-12-20(24)19-9-7-18(8-10-19)17-5-3-2-4-6-17/h2-15H,1H3,(H,22,23). The molecule has 118 valence electrons. The molecule has 1 aromatic heterocycles. The second kappa shape index (κ2) is 7.38. The lowest BCUT2D eigenvalue weighted by Gasteiger charge is -2.03. The first kappa shape index (κ1) is 15.7. The quantitative estimate of drug-likeness (QED) is 0.540. The lowest BCUT2D eigenvalue weighted by Crippen LogP contribution is -1.97. The normalized spacial score (nSPS) is 10.7. The molecular formula is C21H18N2O. The summed E-state index contributed by atoms with van der Waals surface area (Å²) >= 11 is 0. The Balaban J connectivity index is 1.66. The molecule has 0 radical (unpaired) electrons. The molecule has 0 saturated carbocycles. The van der Waals surface area contributed by atoms with Crippen molar-refractivity contribution in [3.05, 3.63) is 96.3 Å². The molecule has 24 heavy (non-hydrogen) atoms. The zero-order valence-corrected chi connectivity index (χ0v) is 13.4. The molecule has 2 aromatic carbocycles. The highest BCUT2D eigenvalue weighted by Gasteiger charge is 2.03. The van der Waals surface area contributed by atoms with Crippen LogP contribution in [0.4, 0.5) is 5.82 Å². The molecule has 0 atom stereocenters. The van der Waals surface area contributed by atoms with Crippen molar-refractivity contribution in [2.45, 2.75) is 6.92 Å². The van der Waals surface area contributed by atoms with Crippen LogP contribution in [0.5, 0.6) is 0 Å². The van der Waals surface area contributed by atoms with Gasteiger partial charge in [-0.25, -0.2) is 4.98 Å². The van der Waals surface area contributed by atoms with Gasteiger partial charge in [-0.05, 0) is 35.7 Å². The first-order chi connectivity index (χ1) is 11.7. The summed E-state index contributed by atoms with van der Waals surface area (Å²) in [6.07, 6.45) is 4.87. The number of nitrogens with zero attached hydrogens (tertiary/aromatic N) is 1. The number of hydrogen-bond acceptors (Lipinski definition) is 3. The largest absolute Gasteiger partial charge is 0.347 e. The van der Waals surface area contributed by atoms with Crippen LogP contribution in [-0.4, -0.2) is 10.8 Å². The number of allylic oxidation sites excluding steroid dienone is 1. The van der Waals surface area contributed by atoms with E-state index in [1.165, 1.54) is 6.08 Å². The Morgan fingerprint density at radius 3 is 2.38 bits per heavy atom. The molecule has 0 fully saturated rings. The van der Waals surface area contributed by atoms with E-state index in [2.05, 4.69) is 22.4 Å². The van der Waals surface area contributed by atoms with Crippen molar-refractivity contribution >= 4 is 11.6 Å². The maximum absolute atomic E-state index is 12.2. The number of carbonyl (C=O) groups excluding carboxylic acids is 1. The SMILES string of the molecule is Cc1ccnc(NC=CC(=O)c2ccc(-c3ccccc3)cc2)c1. The Morgan fingerprint density at radius 2 is 1.67 bits per heavy atom. The van der Waals surface area contributed by atoms with Gasteiger partial charge >= 0.3 is 0 Å². The van der Waals surface area contributed by atoms with Crippen LogP contribution in [0, 0.1) is 6.92 Å². The third-order valence-corrected chi connectivity index (χ3v) is 3.66. The number of rotatable bonds is 5. The third-order valence-electron chi connectivity index (χ3n) is 3.66. The van der Waals surface area contributed by atoms with Crippen LogP contribution in [0.1, 0.15) is 15.9 Å². The van der Waals surface area contributed by atoms with Gasteiger partial charge in [-0.15, -0.1) is 0 Å². The van der Waals surface area contributed by atoms with Gasteiger partial charge in [-0.2, -0.15) is 0 Å². The highest BCUT2D eigenvalue weighted by molar-refractivity contribution is 6.04. The lowest BCUT2D eigenvalue weighted by molar-refractivity contribution is 0.104. The summed E-state index contributed by atoms with van der Waals surface area (Å²) in [6.45, 7) is 2.00. The van der Waals surface area contributed by atoms with E-state index < -0.39 is 0 Å². The second-order valence-corrected chi connectivity index (χ2v) is 5.50. The van der Waals surface area contributed by atoms with Gasteiger partial charge in [0.05, 0.1) is 0 Å². The molecule has 0 amide bonds. The fourth-order valence-electron chi connectivity index (χ4n) is 2.37. The number of benzene rings is 2. The predicted molar refractivity (Wildman–Crippen MR) is 97.9 cm³/mol. The summed E-state index contributed by atoms with van der Waals surface area (Å²) in [7, 11) is 0. The average molecular weight is 314 g/mol. The minimum absolute atomic E-state index is 0.0465. The molecule has 0 aliphatic carbocycles. The molecule has 0 bridgehead atoms. The van der Waals surface area contributed by atoms with Crippen LogP contribution >= 0.6 is 0 Å². The molecule has 3 nitrogen and oxygen atoms in total. The molecule has 3 heteroatoms. The third kappa shape index (κ3) is 3.96. The van der Waals surface area contributed by atoms with E-state index in [4.69, 9.17) is 0 Å². The Morgan fingerprint density at radius 1 is 0.958 bits per heavy atom. The number of ketones is 1. The Hall–Kier alpha value is -3.20. The Labute approximate surface area is 141 Å². The predicted octanol–water partition coefficient (Wildman–Crippen LogP) is 4.87. The fraction of sp³-hybridized carbons (Fsp3) is 0.0476. The summed E-state index contributed by atoms with van der Waals surface area (Å²) < 4.78 is 0. The van der Waals surface area contributed by atoms with Crippen LogP contribution in [0.2, 0.25) is 0 Å². The van der Waals surface area contributed by atoms with E-state index in [-0.39, 0.29) is 5.78 Å². The number of pyridine rings is 1. The number of nitrogens with one attached hydrogen (secondary N) is 1. The van der Waals surface area contributed by atoms with Crippen molar-refractivity contribution in [1.82, 2.24) is 4.98 Å². The van der Waals surface area contributed by atoms with Crippen molar-refractivity contribution in [2.24, 2.45) is 0 Å². The molecule has 0 saturated heterocycles. The van der Waals surface area contributed by atoms with Crippen LogP contribution in [0.15, 0.2) is 85.2 Å². The van der Waals surface area contributed by atoms with Crippen molar-refractivity contribution in [1.29, 1.82) is 0 Å². The average Bonchev–Trinajstić information content (AvgIpc) is 2.63. The number of hydrogen-bond donors (Lipinski definition) is 1. The minimum atomic E-state index is -0.0465. The second-order valence-electron chi connectivity index (χ2n) is 5.50. The molecule has 0 aliphatic rings. The molecule has 3 aromatic rings. The van der Waals surface area contributed by atoms with Gasteiger partial charge in [0.1, 0.15) is 5.82 Å². The molecule has 0 unspecified atom stereocenters. The molecule has 0 spiro atoms. The topological polar surface area (TPSA) is 42.0 Å². The van der Waals surface area contributed by atoms with Gasteiger partial charge in [-0.3, -0.25) is 4.79 Å². The van der Waals surface area contributed by atoms with Crippen molar-refractivity contribution < 1.29 is 4.79 Å². The Bertz CT molecular complexity index is 853. The van der Waals surface area contributed by atoms with E-state index in [0.29, 0.717) is 5.56 Å². The van der Waals surface area contributed by atoms with Gasteiger partial charge < -0.3 is 5.32 Å². The van der Waals surface area contributed by atoms with E-state index in [0.717, 1.165) is 22.5 Å². The van der Waals surface area contributed by atoms with Gasteiger partial charge in [0.2, 0.25) is 0 Å². The zero-order chi connectivity index (χ0) is 16.8. The van der Waals surface area contributed by atoms with E-state index >= 15 is 0 Å². The monoisotopic (exact) mass is 314 g/mol. The summed E-state index contributed by atoms with van der Waals surface area (Å²) in [4.78, 5) is 16.4. The van der Waals surface area contributed by atoms with E-state index in [9.17, 15) is 4.79 Å². The maximum atomic E-state index is 12.2. The highest BCUT2D eigenvalue weighted by atomic mass is 16.1. The number of anilines is 1. The molecule has 1 heterocycles. The maximum Gasteiger partial charge on any atom is 0.187 e. The summed E-state index contributed by atoms with van der Waals surface area (Å²) in [5.74, 6) is 0.674. The zero-order valence-electron chi connectivity index (χ0n) is 13.4. The Kier molecular flexibility index (Phi) is 4.82. The van der Waals surface area contributed by atoms with Gasteiger partial charge in [0.15, 0.2) is 5.78 Å². The molecular weight excluding hydrogens is 296 g/mol. The van der Waals surface area contributed by atoms with Gasteiger partial charge in [-0.1, -0.05) is 54.6 Å². The number of aryl methyl sites for hydroxylation is 1. The smallest absolute Gasteiger partial charge is 0.187 e. The van der Waals surface area contributed by atoms with Crippen molar-refractivity contribution in [2.75, 3.05) is 5.32 Å². The number of aromatic nitrogens is 1. The van der Waals surface area contributed by atoms with Crippen LogP contribution in [-0.2, 0) is 0 Å². The highest BCUT2D eigenvalue weighted by Crippen LogP contribution is 2.19. The molecule has 1 N–H and O–H groups in total. The first-order valence-electron chi connectivity index (χ1n) is 7.78. The summed E-state index contributed by atoms with van der Waals surface area (Å²) in [5.41, 5.74) is 4.01. The lowest BCUT2D eigenvalue weighted by atomic mass is 10.0.